The van der Waals surface area contributed by atoms with Crippen molar-refractivity contribution in [3.63, 3.8) is 0 Å². The van der Waals surface area contributed by atoms with Crippen molar-refractivity contribution in [2.75, 3.05) is 19.6 Å². The molecule has 4 heteroatoms. The fourth-order valence-electron chi connectivity index (χ4n) is 2.36. The second-order valence-electron chi connectivity index (χ2n) is 4.12. The van der Waals surface area contributed by atoms with E-state index in [2.05, 4.69) is 21.1 Å². The number of aryl methyl sites for hydroxylation is 1. The van der Waals surface area contributed by atoms with Gasteiger partial charge in [0.25, 0.3) is 5.89 Å². The zero-order chi connectivity index (χ0) is 9.54. The highest BCUT2D eigenvalue weighted by atomic mass is 16.5. The minimum Gasteiger partial charge on any atom is -0.335 e. The molecule has 3 heterocycles. The van der Waals surface area contributed by atoms with E-state index < -0.39 is 0 Å². The van der Waals surface area contributed by atoms with Crippen molar-refractivity contribution in [1.82, 2.24) is 15.0 Å². The number of aromatic nitrogens is 2. The molecule has 1 aromatic heterocycles. The molecule has 2 saturated heterocycles. The Bertz CT molecular complexity index is 382. The molecule has 2 atom stereocenters. The first-order valence-corrected chi connectivity index (χ1v) is 5.04. The Morgan fingerprint density at radius 1 is 1.57 bits per heavy atom. The maximum atomic E-state index is 5.08. The molecule has 0 radical (unpaired) electrons. The second kappa shape index (κ2) is 2.92. The topological polar surface area (TPSA) is 42.2 Å². The molecule has 2 unspecified atom stereocenters. The van der Waals surface area contributed by atoms with Crippen LogP contribution < -0.4 is 0 Å². The summed E-state index contributed by atoms with van der Waals surface area (Å²) in [6.07, 6.45) is 3.35. The van der Waals surface area contributed by atoms with Crippen molar-refractivity contribution in [3.05, 3.63) is 17.3 Å². The van der Waals surface area contributed by atoms with Crippen LogP contribution in [0.3, 0.4) is 0 Å². The Labute approximate surface area is 82.6 Å². The molecule has 74 valence electrons. The van der Waals surface area contributed by atoms with Crippen molar-refractivity contribution >= 4 is 6.08 Å². The quantitative estimate of drug-likeness (QED) is 0.666. The SMILES string of the molecule is Cc1noc(/C=C2\CN3CCC2C3)n1. The van der Waals surface area contributed by atoms with Gasteiger partial charge in [-0.1, -0.05) is 5.16 Å². The molecule has 0 aliphatic carbocycles. The lowest BCUT2D eigenvalue weighted by atomic mass is 9.99. The highest BCUT2D eigenvalue weighted by molar-refractivity contribution is 5.47. The molecule has 0 aromatic carbocycles. The van der Waals surface area contributed by atoms with Gasteiger partial charge in [-0.05, 0) is 31.4 Å². The van der Waals surface area contributed by atoms with E-state index in [1.54, 1.807) is 0 Å². The Morgan fingerprint density at radius 2 is 2.50 bits per heavy atom. The van der Waals surface area contributed by atoms with Crippen LogP contribution in [0.2, 0.25) is 0 Å². The molecule has 14 heavy (non-hydrogen) atoms. The van der Waals surface area contributed by atoms with E-state index in [0.717, 1.165) is 12.5 Å². The number of rotatable bonds is 1. The predicted octanol–water partition coefficient (Wildman–Crippen LogP) is 1.10. The van der Waals surface area contributed by atoms with Crippen molar-refractivity contribution in [3.8, 4) is 0 Å². The number of piperidine rings is 1. The van der Waals surface area contributed by atoms with E-state index in [1.165, 1.54) is 25.1 Å². The molecule has 2 aliphatic rings. The smallest absolute Gasteiger partial charge is 0.250 e. The number of hydrogen-bond acceptors (Lipinski definition) is 4. The van der Waals surface area contributed by atoms with Crippen LogP contribution in [0.1, 0.15) is 18.1 Å². The Balaban J connectivity index is 1.85. The van der Waals surface area contributed by atoms with Gasteiger partial charge in [-0.25, -0.2) is 0 Å². The lowest BCUT2D eigenvalue weighted by molar-refractivity contribution is 0.391. The Morgan fingerprint density at radius 3 is 3.07 bits per heavy atom. The molecule has 2 fully saturated rings. The van der Waals surface area contributed by atoms with Crippen LogP contribution in [0.25, 0.3) is 6.08 Å². The third-order valence-corrected chi connectivity index (χ3v) is 3.06. The monoisotopic (exact) mass is 191 g/mol. The minimum absolute atomic E-state index is 0.659. The molecule has 0 saturated carbocycles. The predicted molar refractivity (Wildman–Crippen MR) is 51.6 cm³/mol. The second-order valence-corrected chi connectivity index (χ2v) is 4.12. The molecule has 2 aliphatic heterocycles. The van der Waals surface area contributed by atoms with Crippen LogP contribution in [-0.4, -0.2) is 34.7 Å². The third-order valence-electron chi connectivity index (χ3n) is 3.06. The maximum Gasteiger partial charge on any atom is 0.250 e. The van der Waals surface area contributed by atoms with Gasteiger partial charge in [0.05, 0.1) is 0 Å². The van der Waals surface area contributed by atoms with Gasteiger partial charge in [-0.15, -0.1) is 0 Å². The largest absolute Gasteiger partial charge is 0.335 e. The Hall–Kier alpha value is -1.16. The summed E-state index contributed by atoms with van der Waals surface area (Å²) < 4.78 is 5.08. The fourth-order valence-corrected chi connectivity index (χ4v) is 2.36. The normalized spacial score (nSPS) is 33.1. The highest BCUT2D eigenvalue weighted by Crippen LogP contribution is 2.33. The molecule has 0 amide bonds. The average Bonchev–Trinajstić information content (AvgIpc) is 2.82. The standard InChI is InChI=1S/C10H13N3O/c1-7-11-10(14-12-7)4-9-6-13-3-2-8(9)5-13/h4,8H,2-3,5-6H2,1H3/b9-4+. The molecule has 0 N–H and O–H groups in total. The summed E-state index contributed by atoms with van der Waals surface area (Å²) in [5, 5.41) is 3.78. The molecule has 0 spiro atoms. The van der Waals surface area contributed by atoms with Crippen molar-refractivity contribution in [2.45, 2.75) is 13.3 Å². The van der Waals surface area contributed by atoms with Crippen LogP contribution in [-0.2, 0) is 0 Å². The van der Waals surface area contributed by atoms with Crippen LogP contribution in [0.4, 0.5) is 0 Å². The zero-order valence-electron chi connectivity index (χ0n) is 8.23. The van der Waals surface area contributed by atoms with Crippen LogP contribution in [0.5, 0.6) is 0 Å². The Kier molecular flexibility index (Phi) is 1.70. The summed E-state index contributed by atoms with van der Waals surface area (Å²) in [6.45, 7) is 5.41. The molecule has 3 rings (SSSR count). The van der Waals surface area contributed by atoms with Crippen LogP contribution in [0, 0.1) is 12.8 Å². The molecule has 1 aromatic rings. The van der Waals surface area contributed by atoms with Gasteiger partial charge in [-0.2, -0.15) is 4.98 Å². The fraction of sp³-hybridized carbons (Fsp3) is 0.600. The van der Waals surface area contributed by atoms with Gasteiger partial charge < -0.3 is 4.52 Å². The molecular weight excluding hydrogens is 178 g/mol. The van der Waals surface area contributed by atoms with Gasteiger partial charge >= 0.3 is 0 Å². The summed E-state index contributed by atoms with van der Waals surface area (Å²) in [5.41, 5.74) is 1.46. The first-order valence-electron chi connectivity index (χ1n) is 5.04. The van der Waals surface area contributed by atoms with E-state index in [0.29, 0.717) is 11.7 Å². The van der Waals surface area contributed by atoms with Gasteiger partial charge in [0, 0.05) is 19.2 Å². The van der Waals surface area contributed by atoms with E-state index >= 15 is 0 Å². The third kappa shape index (κ3) is 1.26. The van der Waals surface area contributed by atoms with Crippen LogP contribution in [0.15, 0.2) is 10.1 Å². The summed E-state index contributed by atoms with van der Waals surface area (Å²) in [4.78, 5) is 6.66. The van der Waals surface area contributed by atoms with Gasteiger partial charge in [0.2, 0.25) is 0 Å². The van der Waals surface area contributed by atoms with Gasteiger partial charge in [0.15, 0.2) is 5.82 Å². The van der Waals surface area contributed by atoms with Crippen molar-refractivity contribution < 1.29 is 4.52 Å². The van der Waals surface area contributed by atoms with Crippen LogP contribution >= 0.6 is 0 Å². The summed E-state index contributed by atoms with van der Waals surface area (Å²) in [6, 6.07) is 0. The average molecular weight is 191 g/mol. The van der Waals surface area contributed by atoms with Gasteiger partial charge in [0.1, 0.15) is 0 Å². The maximum absolute atomic E-state index is 5.08. The first-order chi connectivity index (χ1) is 6.81. The number of fused-ring (bicyclic) bond motifs is 2. The minimum atomic E-state index is 0.659. The van der Waals surface area contributed by atoms with E-state index in [1.807, 2.05) is 6.92 Å². The highest BCUT2D eigenvalue weighted by Gasteiger charge is 2.33. The molecule has 4 nitrogen and oxygen atoms in total. The van der Waals surface area contributed by atoms with Gasteiger partial charge in [-0.3, -0.25) is 4.90 Å². The number of hydrogen-bond donors (Lipinski definition) is 0. The van der Waals surface area contributed by atoms with E-state index in [4.69, 9.17) is 4.52 Å². The summed E-state index contributed by atoms with van der Waals surface area (Å²) >= 11 is 0. The van der Waals surface area contributed by atoms with E-state index in [9.17, 15) is 0 Å². The summed E-state index contributed by atoms with van der Waals surface area (Å²) in [7, 11) is 0. The summed E-state index contributed by atoms with van der Waals surface area (Å²) in [5.74, 6) is 2.11. The first kappa shape index (κ1) is 8.17. The van der Waals surface area contributed by atoms with Crippen molar-refractivity contribution in [1.29, 1.82) is 0 Å². The zero-order valence-corrected chi connectivity index (χ0v) is 8.23. The van der Waals surface area contributed by atoms with E-state index in [-0.39, 0.29) is 0 Å². The number of nitrogens with zero attached hydrogens (tertiary/aromatic N) is 3. The molecule has 2 bridgehead atoms. The van der Waals surface area contributed by atoms with Crippen molar-refractivity contribution in [2.24, 2.45) is 5.92 Å². The lowest BCUT2D eigenvalue weighted by Crippen LogP contribution is -2.17. The molecular formula is C10H13N3O. The lowest BCUT2D eigenvalue weighted by Gasteiger charge is -2.13.